The van der Waals surface area contributed by atoms with Crippen LogP contribution in [-0.4, -0.2) is 15.9 Å². The topological polar surface area (TPSA) is 72.0 Å². The SMILES string of the molecule is C[C@@H]1CCc2c(sc3nc([C@@H](C)OC(=O)CCc4ccccc4)[nH]c(=O)c23)C1. The van der Waals surface area contributed by atoms with Gasteiger partial charge in [-0.3, -0.25) is 9.59 Å². The second kappa shape index (κ2) is 7.87. The number of aromatic nitrogens is 2. The maximum Gasteiger partial charge on any atom is 0.306 e. The van der Waals surface area contributed by atoms with Crippen LogP contribution in [0.1, 0.15) is 54.6 Å². The van der Waals surface area contributed by atoms with Crippen molar-refractivity contribution in [2.24, 2.45) is 5.92 Å². The molecule has 0 unspecified atom stereocenters. The summed E-state index contributed by atoms with van der Waals surface area (Å²) >= 11 is 1.60. The van der Waals surface area contributed by atoms with Crippen LogP contribution in [0, 0.1) is 5.92 Å². The second-order valence-electron chi connectivity index (χ2n) is 7.60. The Bertz CT molecular complexity index is 1050. The number of hydrogen-bond donors (Lipinski definition) is 1. The van der Waals surface area contributed by atoms with E-state index in [1.54, 1.807) is 18.3 Å². The van der Waals surface area contributed by atoms with Crippen molar-refractivity contribution < 1.29 is 9.53 Å². The standard InChI is InChI=1S/C22H24N2O3S/c1-13-8-10-16-17(12-13)28-22-19(16)21(26)23-20(24-22)14(2)27-18(25)11-9-15-6-4-3-5-7-15/h3-7,13-14H,8-12H2,1-2H3,(H,23,24,26)/t13-,14-/m1/s1. The molecule has 2 heterocycles. The van der Waals surface area contributed by atoms with Crippen molar-refractivity contribution in [3.63, 3.8) is 0 Å². The summed E-state index contributed by atoms with van der Waals surface area (Å²) < 4.78 is 5.51. The number of esters is 1. The normalized spacial score (nSPS) is 17.3. The minimum Gasteiger partial charge on any atom is -0.454 e. The summed E-state index contributed by atoms with van der Waals surface area (Å²) in [7, 11) is 0. The van der Waals surface area contributed by atoms with Gasteiger partial charge in [0.05, 0.1) is 5.39 Å². The Hall–Kier alpha value is -2.47. The lowest BCUT2D eigenvalue weighted by Crippen LogP contribution is -2.18. The molecule has 1 aromatic carbocycles. The van der Waals surface area contributed by atoms with E-state index in [0.29, 0.717) is 24.6 Å². The number of thiophene rings is 1. The molecule has 0 saturated heterocycles. The molecule has 2 aromatic heterocycles. The number of fused-ring (bicyclic) bond motifs is 3. The molecule has 0 bridgehead atoms. The Morgan fingerprint density at radius 3 is 2.93 bits per heavy atom. The van der Waals surface area contributed by atoms with Gasteiger partial charge in [-0.15, -0.1) is 11.3 Å². The number of aryl methyl sites for hydroxylation is 2. The molecule has 0 fully saturated rings. The van der Waals surface area contributed by atoms with Crippen molar-refractivity contribution in [3.05, 3.63) is 62.5 Å². The Balaban J connectivity index is 1.49. The van der Waals surface area contributed by atoms with Gasteiger partial charge in [-0.25, -0.2) is 4.98 Å². The molecule has 146 valence electrons. The number of rotatable bonds is 5. The molecule has 28 heavy (non-hydrogen) atoms. The Morgan fingerprint density at radius 1 is 1.36 bits per heavy atom. The molecule has 5 nitrogen and oxygen atoms in total. The summed E-state index contributed by atoms with van der Waals surface area (Å²) in [5.74, 6) is 0.763. The molecule has 0 radical (unpaired) electrons. The van der Waals surface area contributed by atoms with Gasteiger partial charge >= 0.3 is 5.97 Å². The van der Waals surface area contributed by atoms with E-state index in [9.17, 15) is 9.59 Å². The highest BCUT2D eigenvalue weighted by molar-refractivity contribution is 7.18. The van der Waals surface area contributed by atoms with Gasteiger partial charge in [0.1, 0.15) is 4.83 Å². The fraction of sp³-hybridized carbons (Fsp3) is 0.409. The van der Waals surface area contributed by atoms with Crippen molar-refractivity contribution in [2.45, 2.75) is 52.1 Å². The van der Waals surface area contributed by atoms with Crippen molar-refractivity contribution in [3.8, 4) is 0 Å². The van der Waals surface area contributed by atoms with Gasteiger partial charge in [-0.05, 0) is 49.7 Å². The molecule has 3 aromatic rings. The smallest absolute Gasteiger partial charge is 0.306 e. The van der Waals surface area contributed by atoms with Crippen LogP contribution in [0.3, 0.4) is 0 Å². The third kappa shape index (κ3) is 3.87. The number of H-pyrrole nitrogens is 1. The summed E-state index contributed by atoms with van der Waals surface area (Å²) in [5.41, 5.74) is 2.13. The van der Waals surface area contributed by atoms with Crippen molar-refractivity contribution in [1.82, 2.24) is 9.97 Å². The molecule has 2 atom stereocenters. The number of nitrogens with one attached hydrogen (secondary N) is 1. The molecule has 1 aliphatic carbocycles. The van der Waals surface area contributed by atoms with Crippen molar-refractivity contribution >= 4 is 27.5 Å². The van der Waals surface area contributed by atoms with Gasteiger partial charge in [-0.1, -0.05) is 37.3 Å². The third-order valence-corrected chi connectivity index (χ3v) is 6.49. The van der Waals surface area contributed by atoms with E-state index >= 15 is 0 Å². The molecule has 0 amide bonds. The van der Waals surface area contributed by atoms with Crippen LogP contribution >= 0.6 is 11.3 Å². The van der Waals surface area contributed by atoms with E-state index in [4.69, 9.17) is 4.74 Å². The highest BCUT2D eigenvalue weighted by Gasteiger charge is 2.24. The van der Waals surface area contributed by atoms with Gasteiger partial charge in [0.2, 0.25) is 0 Å². The van der Waals surface area contributed by atoms with Crippen LogP contribution in [0.25, 0.3) is 10.2 Å². The summed E-state index contributed by atoms with van der Waals surface area (Å²) in [6, 6.07) is 9.83. The third-order valence-electron chi connectivity index (χ3n) is 5.34. The first-order chi connectivity index (χ1) is 13.5. The number of benzene rings is 1. The second-order valence-corrected chi connectivity index (χ2v) is 8.68. The first-order valence-electron chi connectivity index (χ1n) is 9.79. The zero-order valence-corrected chi connectivity index (χ0v) is 17.0. The number of carbonyl (C=O) groups is 1. The molecular weight excluding hydrogens is 372 g/mol. The Kier molecular flexibility index (Phi) is 5.31. The summed E-state index contributed by atoms with van der Waals surface area (Å²) in [6.45, 7) is 3.99. The van der Waals surface area contributed by atoms with Crippen LogP contribution in [-0.2, 0) is 28.8 Å². The first kappa shape index (κ1) is 18.9. The molecule has 6 heteroatoms. The minimum absolute atomic E-state index is 0.126. The van der Waals surface area contributed by atoms with E-state index in [1.807, 2.05) is 30.3 Å². The quantitative estimate of drug-likeness (QED) is 0.651. The Morgan fingerprint density at radius 2 is 2.14 bits per heavy atom. The lowest BCUT2D eigenvalue weighted by Gasteiger charge is -2.17. The fourth-order valence-electron chi connectivity index (χ4n) is 3.76. The minimum atomic E-state index is -0.585. The molecule has 0 aliphatic heterocycles. The van der Waals surface area contributed by atoms with E-state index in [0.717, 1.165) is 40.6 Å². The van der Waals surface area contributed by atoms with E-state index in [2.05, 4.69) is 16.9 Å². The van der Waals surface area contributed by atoms with Crippen LogP contribution < -0.4 is 5.56 Å². The predicted molar refractivity (Wildman–Crippen MR) is 111 cm³/mol. The van der Waals surface area contributed by atoms with E-state index in [-0.39, 0.29) is 11.5 Å². The van der Waals surface area contributed by atoms with E-state index < -0.39 is 6.10 Å². The van der Waals surface area contributed by atoms with E-state index in [1.165, 1.54) is 4.88 Å². The van der Waals surface area contributed by atoms with Crippen LogP contribution in [0.2, 0.25) is 0 Å². The zero-order chi connectivity index (χ0) is 19.7. The van der Waals surface area contributed by atoms with Gasteiger partial charge in [0, 0.05) is 11.3 Å². The van der Waals surface area contributed by atoms with Crippen LogP contribution in [0.15, 0.2) is 35.1 Å². The van der Waals surface area contributed by atoms with Gasteiger partial charge in [-0.2, -0.15) is 0 Å². The number of hydrogen-bond acceptors (Lipinski definition) is 5. The summed E-state index contributed by atoms with van der Waals surface area (Å²) in [5, 5.41) is 0.721. The zero-order valence-electron chi connectivity index (χ0n) is 16.2. The maximum absolute atomic E-state index is 12.7. The van der Waals surface area contributed by atoms with Crippen molar-refractivity contribution in [2.75, 3.05) is 0 Å². The average molecular weight is 397 g/mol. The van der Waals surface area contributed by atoms with Crippen LogP contribution in [0.4, 0.5) is 0 Å². The highest BCUT2D eigenvalue weighted by atomic mass is 32.1. The lowest BCUT2D eigenvalue weighted by atomic mass is 9.89. The molecule has 1 aliphatic rings. The number of nitrogens with zero attached hydrogens (tertiary/aromatic N) is 1. The largest absolute Gasteiger partial charge is 0.454 e. The van der Waals surface area contributed by atoms with Crippen LogP contribution in [0.5, 0.6) is 0 Å². The number of ether oxygens (including phenoxy) is 1. The fourth-order valence-corrected chi connectivity index (χ4v) is 5.15. The first-order valence-corrected chi connectivity index (χ1v) is 10.6. The summed E-state index contributed by atoms with van der Waals surface area (Å²) in [6.07, 6.45) is 3.39. The number of carbonyl (C=O) groups excluding carboxylic acids is 1. The van der Waals surface area contributed by atoms with Gasteiger partial charge in [0.25, 0.3) is 5.56 Å². The Labute approximate surface area is 167 Å². The predicted octanol–water partition coefficient (Wildman–Crippen LogP) is 4.35. The monoisotopic (exact) mass is 396 g/mol. The molecular formula is C22H24N2O3S. The maximum atomic E-state index is 12.7. The van der Waals surface area contributed by atoms with Gasteiger partial charge < -0.3 is 9.72 Å². The molecule has 0 spiro atoms. The van der Waals surface area contributed by atoms with Gasteiger partial charge in [0.15, 0.2) is 11.9 Å². The molecule has 4 rings (SSSR count). The lowest BCUT2D eigenvalue weighted by molar-refractivity contribution is -0.148. The summed E-state index contributed by atoms with van der Waals surface area (Å²) in [4.78, 5) is 34.4. The molecule has 0 saturated carbocycles. The highest BCUT2D eigenvalue weighted by Crippen LogP contribution is 2.35. The number of aromatic amines is 1. The molecule has 1 N–H and O–H groups in total. The average Bonchev–Trinajstić information content (AvgIpc) is 3.05. The van der Waals surface area contributed by atoms with Crippen molar-refractivity contribution in [1.29, 1.82) is 0 Å².